The lowest BCUT2D eigenvalue weighted by Gasteiger charge is -2.11. The van der Waals surface area contributed by atoms with Crippen LogP contribution in [0.25, 0.3) is 0 Å². The summed E-state index contributed by atoms with van der Waals surface area (Å²) >= 11 is 0. The van der Waals surface area contributed by atoms with Crippen LogP contribution in [0.4, 0.5) is 0 Å². The average molecular weight is 259 g/mol. The van der Waals surface area contributed by atoms with Crippen LogP contribution in [-0.2, 0) is 13.2 Å². The van der Waals surface area contributed by atoms with Gasteiger partial charge >= 0.3 is 0 Å². The van der Waals surface area contributed by atoms with E-state index in [4.69, 9.17) is 4.74 Å². The molecule has 1 heterocycles. The summed E-state index contributed by atoms with van der Waals surface area (Å²) in [7, 11) is 0. The van der Waals surface area contributed by atoms with Crippen molar-refractivity contribution in [2.45, 2.75) is 40.8 Å². The Kier molecular flexibility index (Phi) is 4.20. The van der Waals surface area contributed by atoms with Gasteiger partial charge in [-0.1, -0.05) is 26.0 Å². The van der Waals surface area contributed by atoms with E-state index in [1.807, 2.05) is 11.6 Å². The molecule has 0 N–H and O–H groups in total. The fourth-order valence-corrected chi connectivity index (χ4v) is 1.90. The van der Waals surface area contributed by atoms with Gasteiger partial charge in [0.25, 0.3) is 0 Å². The van der Waals surface area contributed by atoms with Gasteiger partial charge in [0.2, 0.25) is 0 Å². The molecule has 0 spiro atoms. The number of nitrogens with zero attached hydrogens (tertiary/aromatic N) is 3. The van der Waals surface area contributed by atoms with Gasteiger partial charge in [-0.15, -0.1) is 0 Å². The van der Waals surface area contributed by atoms with E-state index in [-0.39, 0.29) is 0 Å². The topological polar surface area (TPSA) is 39.9 Å². The number of aryl methyl sites for hydroxylation is 2. The molecule has 0 bridgehead atoms. The third-order valence-electron chi connectivity index (χ3n) is 2.93. The Morgan fingerprint density at radius 2 is 2.05 bits per heavy atom. The van der Waals surface area contributed by atoms with Crippen molar-refractivity contribution in [2.24, 2.45) is 5.92 Å². The Balaban J connectivity index is 2.06. The van der Waals surface area contributed by atoms with Crippen molar-refractivity contribution in [1.29, 1.82) is 0 Å². The Hall–Kier alpha value is -1.84. The monoisotopic (exact) mass is 259 g/mol. The van der Waals surface area contributed by atoms with Crippen molar-refractivity contribution in [2.75, 3.05) is 0 Å². The van der Waals surface area contributed by atoms with E-state index in [0.29, 0.717) is 12.5 Å². The molecule has 0 unspecified atom stereocenters. The molecule has 4 heteroatoms. The number of ether oxygens (including phenoxy) is 1. The highest BCUT2D eigenvalue weighted by molar-refractivity contribution is 5.35. The zero-order valence-corrected chi connectivity index (χ0v) is 12.1. The molecular formula is C15H21N3O. The first-order chi connectivity index (χ1) is 9.06. The van der Waals surface area contributed by atoms with E-state index in [1.54, 1.807) is 6.33 Å². The van der Waals surface area contributed by atoms with Gasteiger partial charge in [0.1, 0.15) is 18.7 Å². The summed E-state index contributed by atoms with van der Waals surface area (Å²) in [6, 6.07) is 6.21. The Labute approximate surface area is 114 Å². The molecule has 2 aromatic rings. The summed E-state index contributed by atoms with van der Waals surface area (Å²) in [5.41, 5.74) is 2.34. The second kappa shape index (κ2) is 5.87. The summed E-state index contributed by atoms with van der Waals surface area (Å²) in [5, 5.41) is 4.23. The van der Waals surface area contributed by atoms with Crippen molar-refractivity contribution in [1.82, 2.24) is 14.8 Å². The van der Waals surface area contributed by atoms with Gasteiger partial charge in [-0.2, -0.15) is 5.10 Å². The lowest BCUT2D eigenvalue weighted by molar-refractivity contribution is 0.280. The highest BCUT2D eigenvalue weighted by Gasteiger charge is 2.08. The van der Waals surface area contributed by atoms with Crippen molar-refractivity contribution in [3.63, 3.8) is 0 Å². The maximum atomic E-state index is 5.86. The first kappa shape index (κ1) is 13.6. The maximum absolute atomic E-state index is 5.86. The molecular weight excluding hydrogens is 238 g/mol. The summed E-state index contributed by atoms with van der Waals surface area (Å²) in [5.74, 6) is 2.33. The Bertz CT molecular complexity index is 546. The van der Waals surface area contributed by atoms with Crippen molar-refractivity contribution in [3.8, 4) is 5.75 Å². The Morgan fingerprint density at radius 1 is 1.26 bits per heavy atom. The van der Waals surface area contributed by atoms with Crippen molar-refractivity contribution >= 4 is 0 Å². The SMILES string of the molecule is Cc1ccc(C)c(OCc2ncnn2CC(C)C)c1. The second-order valence-corrected chi connectivity index (χ2v) is 5.31. The molecule has 0 aliphatic carbocycles. The fourth-order valence-electron chi connectivity index (χ4n) is 1.90. The molecule has 1 aromatic carbocycles. The number of rotatable bonds is 5. The van der Waals surface area contributed by atoms with Gasteiger partial charge in [-0.3, -0.25) is 0 Å². The van der Waals surface area contributed by atoms with E-state index in [2.05, 4.69) is 49.1 Å². The zero-order chi connectivity index (χ0) is 13.8. The molecule has 0 aliphatic heterocycles. The molecule has 102 valence electrons. The normalized spacial score (nSPS) is 11.0. The molecule has 0 saturated heterocycles. The van der Waals surface area contributed by atoms with Crippen LogP contribution in [0.1, 0.15) is 30.8 Å². The fraction of sp³-hybridized carbons (Fsp3) is 0.467. The van der Waals surface area contributed by atoms with Gasteiger partial charge in [0.05, 0.1) is 0 Å². The van der Waals surface area contributed by atoms with E-state index >= 15 is 0 Å². The van der Waals surface area contributed by atoms with E-state index in [9.17, 15) is 0 Å². The van der Waals surface area contributed by atoms with E-state index < -0.39 is 0 Å². The molecule has 0 saturated carbocycles. The maximum Gasteiger partial charge on any atom is 0.164 e. The van der Waals surface area contributed by atoms with E-state index in [0.717, 1.165) is 23.7 Å². The lowest BCUT2D eigenvalue weighted by atomic mass is 10.1. The van der Waals surface area contributed by atoms with E-state index in [1.165, 1.54) is 5.56 Å². The van der Waals surface area contributed by atoms with Crippen LogP contribution in [0.5, 0.6) is 5.75 Å². The smallest absolute Gasteiger partial charge is 0.164 e. The van der Waals surface area contributed by atoms with Crippen molar-refractivity contribution in [3.05, 3.63) is 41.5 Å². The zero-order valence-electron chi connectivity index (χ0n) is 12.1. The Morgan fingerprint density at radius 3 is 2.79 bits per heavy atom. The minimum atomic E-state index is 0.455. The summed E-state index contributed by atoms with van der Waals surface area (Å²) in [6.45, 7) is 9.76. The standard InChI is InChI=1S/C15H21N3O/c1-11(2)8-18-15(16-10-17-18)9-19-14-7-12(3)5-6-13(14)4/h5-7,10-11H,8-9H2,1-4H3. The molecule has 0 amide bonds. The predicted octanol–water partition coefficient (Wildman–Crippen LogP) is 3.13. The average Bonchev–Trinajstić information content (AvgIpc) is 2.77. The van der Waals surface area contributed by atoms with Crippen LogP contribution >= 0.6 is 0 Å². The molecule has 0 aliphatic rings. The van der Waals surface area contributed by atoms with Gasteiger partial charge in [0, 0.05) is 6.54 Å². The lowest BCUT2D eigenvalue weighted by Crippen LogP contribution is -2.12. The predicted molar refractivity (Wildman–Crippen MR) is 75.1 cm³/mol. The first-order valence-corrected chi connectivity index (χ1v) is 6.63. The van der Waals surface area contributed by atoms with Crippen LogP contribution in [0.15, 0.2) is 24.5 Å². The van der Waals surface area contributed by atoms with Crippen LogP contribution in [0, 0.1) is 19.8 Å². The molecule has 1 aromatic heterocycles. The summed E-state index contributed by atoms with van der Waals surface area (Å²) in [4.78, 5) is 4.26. The van der Waals surface area contributed by atoms with Crippen LogP contribution in [0.3, 0.4) is 0 Å². The largest absolute Gasteiger partial charge is 0.485 e. The summed E-state index contributed by atoms with van der Waals surface area (Å²) < 4.78 is 7.77. The molecule has 0 radical (unpaired) electrons. The third-order valence-corrected chi connectivity index (χ3v) is 2.93. The summed E-state index contributed by atoms with van der Waals surface area (Å²) in [6.07, 6.45) is 1.59. The second-order valence-electron chi connectivity index (χ2n) is 5.31. The first-order valence-electron chi connectivity index (χ1n) is 6.63. The third kappa shape index (κ3) is 3.56. The quantitative estimate of drug-likeness (QED) is 0.828. The van der Waals surface area contributed by atoms with Gasteiger partial charge < -0.3 is 4.74 Å². The number of hydrogen-bond acceptors (Lipinski definition) is 3. The number of hydrogen-bond donors (Lipinski definition) is 0. The highest BCUT2D eigenvalue weighted by atomic mass is 16.5. The molecule has 19 heavy (non-hydrogen) atoms. The molecule has 2 rings (SSSR count). The molecule has 4 nitrogen and oxygen atoms in total. The number of aromatic nitrogens is 3. The molecule has 0 atom stereocenters. The van der Waals surface area contributed by atoms with Gasteiger partial charge in [-0.05, 0) is 37.0 Å². The van der Waals surface area contributed by atoms with Gasteiger partial charge in [0.15, 0.2) is 5.82 Å². The molecule has 0 fully saturated rings. The van der Waals surface area contributed by atoms with Crippen LogP contribution < -0.4 is 4.74 Å². The van der Waals surface area contributed by atoms with Gasteiger partial charge in [-0.25, -0.2) is 9.67 Å². The van der Waals surface area contributed by atoms with Crippen LogP contribution in [0.2, 0.25) is 0 Å². The van der Waals surface area contributed by atoms with Crippen LogP contribution in [-0.4, -0.2) is 14.8 Å². The minimum Gasteiger partial charge on any atom is -0.485 e. The minimum absolute atomic E-state index is 0.455. The highest BCUT2D eigenvalue weighted by Crippen LogP contribution is 2.20. The number of benzene rings is 1. The van der Waals surface area contributed by atoms with Crippen molar-refractivity contribution < 1.29 is 4.74 Å².